The minimum absolute atomic E-state index is 0.118. The van der Waals surface area contributed by atoms with Crippen LogP contribution < -0.4 is 10.5 Å². The minimum atomic E-state index is -0.118. The van der Waals surface area contributed by atoms with Crippen molar-refractivity contribution < 1.29 is 4.74 Å². The Morgan fingerprint density at radius 2 is 1.83 bits per heavy atom. The van der Waals surface area contributed by atoms with E-state index < -0.39 is 0 Å². The van der Waals surface area contributed by atoms with Gasteiger partial charge in [-0.1, -0.05) is 26.0 Å². The first kappa shape index (κ1) is 12.0. The summed E-state index contributed by atoms with van der Waals surface area (Å²) >= 11 is 0. The van der Waals surface area contributed by atoms with E-state index in [-0.39, 0.29) is 5.54 Å². The van der Waals surface area contributed by atoms with Gasteiger partial charge in [-0.15, -0.1) is 0 Å². The molecule has 0 amide bonds. The molecular weight excluding hydrogens is 222 g/mol. The third kappa shape index (κ3) is 2.03. The van der Waals surface area contributed by atoms with Gasteiger partial charge in [0.1, 0.15) is 5.75 Å². The second-order valence-electron chi connectivity index (χ2n) is 6.74. The highest BCUT2D eigenvalue weighted by Gasteiger charge is 2.36. The van der Waals surface area contributed by atoms with Crippen LogP contribution >= 0.6 is 0 Å². The SMILES string of the molecule is CC1(C)CCC(N)(c2ccc3c(c2)CCO3)CC1. The van der Waals surface area contributed by atoms with Gasteiger partial charge < -0.3 is 10.5 Å². The van der Waals surface area contributed by atoms with Crippen molar-refractivity contribution in [3.05, 3.63) is 29.3 Å². The monoisotopic (exact) mass is 245 g/mol. The Kier molecular flexibility index (Phi) is 2.67. The van der Waals surface area contributed by atoms with E-state index in [0.717, 1.165) is 31.6 Å². The lowest BCUT2D eigenvalue weighted by Crippen LogP contribution is -2.42. The van der Waals surface area contributed by atoms with Gasteiger partial charge in [0, 0.05) is 12.0 Å². The van der Waals surface area contributed by atoms with Gasteiger partial charge in [0.2, 0.25) is 0 Å². The normalized spacial score (nSPS) is 24.4. The maximum absolute atomic E-state index is 6.65. The summed E-state index contributed by atoms with van der Waals surface area (Å²) in [6.45, 7) is 5.52. The molecule has 0 bridgehead atoms. The first-order valence-electron chi connectivity index (χ1n) is 7.04. The van der Waals surface area contributed by atoms with Crippen LogP contribution in [-0.4, -0.2) is 6.61 Å². The Bertz CT molecular complexity index is 454. The molecule has 0 saturated heterocycles. The van der Waals surface area contributed by atoms with Crippen LogP contribution in [0.3, 0.4) is 0 Å². The number of ether oxygens (including phenoxy) is 1. The Hall–Kier alpha value is -1.02. The van der Waals surface area contributed by atoms with Gasteiger partial charge >= 0.3 is 0 Å². The number of rotatable bonds is 1. The van der Waals surface area contributed by atoms with E-state index in [1.54, 1.807) is 0 Å². The van der Waals surface area contributed by atoms with E-state index in [4.69, 9.17) is 10.5 Å². The Morgan fingerprint density at radius 1 is 1.11 bits per heavy atom. The number of nitrogens with two attached hydrogens (primary N) is 1. The molecule has 1 fully saturated rings. The van der Waals surface area contributed by atoms with Gasteiger partial charge in [-0.05, 0) is 48.3 Å². The second kappa shape index (κ2) is 3.99. The maximum Gasteiger partial charge on any atom is 0.122 e. The van der Waals surface area contributed by atoms with Crippen LogP contribution in [0.15, 0.2) is 18.2 Å². The average Bonchev–Trinajstić information content (AvgIpc) is 2.80. The summed E-state index contributed by atoms with van der Waals surface area (Å²) < 4.78 is 5.57. The molecule has 2 heteroatoms. The van der Waals surface area contributed by atoms with Crippen molar-refractivity contribution in [1.29, 1.82) is 0 Å². The van der Waals surface area contributed by atoms with Crippen LogP contribution in [0.2, 0.25) is 0 Å². The van der Waals surface area contributed by atoms with Crippen molar-refractivity contribution in [1.82, 2.24) is 0 Å². The summed E-state index contributed by atoms with van der Waals surface area (Å²) in [4.78, 5) is 0. The molecule has 3 rings (SSSR count). The molecule has 2 nitrogen and oxygen atoms in total. The number of hydrogen-bond acceptors (Lipinski definition) is 2. The Balaban J connectivity index is 1.86. The van der Waals surface area contributed by atoms with Crippen molar-refractivity contribution in [3.8, 4) is 5.75 Å². The molecule has 1 aliphatic carbocycles. The van der Waals surface area contributed by atoms with E-state index >= 15 is 0 Å². The molecule has 2 N–H and O–H groups in total. The lowest BCUT2D eigenvalue weighted by atomic mass is 9.67. The molecule has 1 heterocycles. The van der Waals surface area contributed by atoms with Crippen LogP contribution in [0.4, 0.5) is 0 Å². The zero-order valence-electron chi connectivity index (χ0n) is 11.5. The van der Waals surface area contributed by atoms with Gasteiger partial charge in [0.25, 0.3) is 0 Å². The highest BCUT2D eigenvalue weighted by molar-refractivity contribution is 5.42. The highest BCUT2D eigenvalue weighted by Crippen LogP contribution is 2.44. The molecule has 1 aromatic rings. The molecule has 0 spiro atoms. The van der Waals surface area contributed by atoms with Crippen molar-refractivity contribution >= 4 is 0 Å². The molecule has 1 saturated carbocycles. The smallest absolute Gasteiger partial charge is 0.122 e. The molecule has 1 aliphatic heterocycles. The van der Waals surface area contributed by atoms with Crippen LogP contribution in [-0.2, 0) is 12.0 Å². The van der Waals surface area contributed by atoms with E-state index in [1.165, 1.54) is 24.0 Å². The van der Waals surface area contributed by atoms with Gasteiger partial charge in [-0.3, -0.25) is 0 Å². The van der Waals surface area contributed by atoms with E-state index in [9.17, 15) is 0 Å². The van der Waals surface area contributed by atoms with Gasteiger partial charge in [-0.2, -0.15) is 0 Å². The quantitative estimate of drug-likeness (QED) is 0.823. The van der Waals surface area contributed by atoms with Gasteiger partial charge in [0.05, 0.1) is 6.61 Å². The average molecular weight is 245 g/mol. The maximum atomic E-state index is 6.65. The summed E-state index contributed by atoms with van der Waals surface area (Å²) in [6.07, 6.45) is 5.66. The lowest BCUT2D eigenvalue weighted by Gasteiger charge is -2.41. The standard InChI is InChI=1S/C16H23NO/c1-15(2)6-8-16(17,9-7-15)13-3-4-14-12(11-13)5-10-18-14/h3-4,11H,5-10,17H2,1-2H3. The van der Waals surface area contributed by atoms with Crippen molar-refractivity contribution in [2.75, 3.05) is 6.61 Å². The summed E-state index contributed by atoms with van der Waals surface area (Å²) in [6, 6.07) is 6.55. The van der Waals surface area contributed by atoms with E-state index in [2.05, 4.69) is 32.0 Å². The fourth-order valence-electron chi connectivity index (χ4n) is 3.16. The van der Waals surface area contributed by atoms with Gasteiger partial charge in [-0.25, -0.2) is 0 Å². The van der Waals surface area contributed by atoms with Gasteiger partial charge in [0.15, 0.2) is 0 Å². The molecule has 0 radical (unpaired) electrons. The minimum Gasteiger partial charge on any atom is -0.493 e. The number of benzene rings is 1. The largest absolute Gasteiger partial charge is 0.493 e. The first-order valence-corrected chi connectivity index (χ1v) is 7.04. The fraction of sp³-hybridized carbons (Fsp3) is 0.625. The van der Waals surface area contributed by atoms with Crippen LogP contribution in [0.1, 0.15) is 50.7 Å². The van der Waals surface area contributed by atoms with E-state index in [1.807, 2.05) is 0 Å². The summed E-state index contributed by atoms with van der Waals surface area (Å²) in [5, 5.41) is 0. The summed E-state index contributed by atoms with van der Waals surface area (Å²) in [5.41, 5.74) is 9.64. The lowest BCUT2D eigenvalue weighted by molar-refractivity contribution is 0.165. The predicted octanol–water partition coefficient (Wildman–Crippen LogP) is 3.38. The second-order valence-corrected chi connectivity index (χ2v) is 6.74. The van der Waals surface area contributed by atoms with Crippen LogP contribution in [0, 0.1) is 5.41 Å². The first-order chi connectivity index (χ1) is 8.49. The third-order valence-corrected chi connectivity index (χ3v) is 4.76. The molecule has 1 aromatic carbocycles. The molecule has 0 unspecified atom stereocenters. The predicted molar refractivity (Wildman–Crippen MR) is 73.8 cm³/mol. The molecule has 18 heavy (non-hydrogen) atoms. The Morgan fingerprint density at radius 3 is 2.56 bits per heavy atom. The Labute approximate surface area is 110 Å². The van der Waals surface area contributed by atoms with E-state index in [0.29, 0.717) is 5.41 Å². The van der Waals surface area contributed by atoms with Crippen LogP contribution in [0.5, 0.6) is 5.75 Å². The fourth-order valence-corrected chi connectivity index (χ4v) is 3.16. The van der Waals surface area contributed by atoms with Crippen molar-refractivity contribution in [2.24, 2.45) is 11.1 Å². The summed E-state index contributed by atoms with van der Waals surface area (Å²) in [5.74, 6) is 1.05. The highest BCUT2D eigenvalue weighted by atomic mass is 16.5. The zero-order valence-corrected chi connectivity index (χ0v) is 11.5. The molecule has 0 atom stereocenters. The van der Waals surface area contributed by atoms with Crippen LogP contribution in [0.25, 0.3) is 0 Å². The topological polar surface area (TPSA) is 35.2 Å². The molecular formula is C16H23NO. The number of fused-ring (bicyclic) bond motifs is 1. The molecule has 98 valence electrons. The van der Waals surface area contributed by atoms with Crippen molar-refractivity contribution in [2.45, 2.75) is 51.5 Å². The zero-order chi connectivity index (χ0) is 12.8. The van der Waals surface area contributed by atoms with Crippen molar-refractivity contribution in [3.63, 3.8) is 0 Å². The number of hydrogen-bond donors (Lipinski definition) is 1. The summed E-state index contributed by atoms with van der Waals surface area (Å²) in [7, 11) is 0. The third-order valence-electron chi connectivity index (χ3n) is 4.76. The molecule has 2 aliphatic rings. The molecule has 0 aromatic heterocycles.